The van der Waals surface area contributed by atoms with E-state index in [1.165, 1.54) is 12.1 Å². The zero-order valence-electron chi connectivity index (χ0n) is 14.9. The Hall–Kier alpha value is -1.73. The van der Waals surface area contributed by atoms with Crippen molar-refractivity contribution in [2.75, 3.05) is 46.9 Å². The fourth-order valence-electron chi connectivity index (χ4n) is 3.18. The monoisotopic (exact) mass is 355 g/mol. The first-order valence-corrected chi connectivity index (χ1v) is 8.64. The highest BCUT2D eigenvalue weighted by Gasteiger charge is 2.22. The second kappa shape index (κ2) is 9.68. The number of hydrogen-bond donors (Lipinski definition) is 1. The van der Waals surface area contributed by atoms with Gasteiger partial charge in [0.15, 0.2) is 11.6 Å². The van der Waals surface area contributed by atoms with Crippen molar-refractivity contribution in [2.45, 2.75) is 19.4 Å². The summed E-state index contributed by atoms with van der Waals surface area (Å²) in [7, 11) is 3.42. The van der Waals surface area contributed by atoms with Crippen LogP contribution in [0.4, 0.5) is 13.6 Å². The van der Waals surface area contributed by atoms with Crippen molar-refractivity contribution in [2.24, 2.45) is 5.92 Å². The molecular weight excluding hydrogens is 328 g/mol. The Morgan fingerprint density at radius 1 is 1.44 bits per heavy atom. The maximum Gasteiger partial charge on any atom is 0.317 e. The molecule has 5 nitrogen and oxygen atoms in total. The number of piperidine rings is 1. The minimum Gasteiger partial charge on any atom is -0.383 e. The standard InChI is InChI=1S/C18H27F2N3O2/c1-22(12-14-5-4-8-23(13-14)9-10-25-2)18(24)21-11-15-6-3-7-16(19)17(15)20/h3,6-7,14H,4-5,8-13H2,1-2H3,(H,21,24)/t14-/m0/s1. The number of methoxy groups -OCH3 is 1. The molecule has 1 saturated heterocycles. The van der Waals surface area contributed by atoms with Gasteiger partial charge < -0.3 is 19.9 Å². The minimum atomic E-state index is -0.911. The maximum atomic E-state index is 13.6. The molecule has 0 unspecified atom stereocenters. The average molecular weight is 355 g/mol. The number of carbonyl (C=O) groups excluding carboxylic acids is 1. The first kappa shape index (κ1) is 19.6. The molecule has 7 heteroatoms. The average Bonchev–Trinajstić information content (AvgIpc) is 2.61. The summed E-state index contributed by atoms with van der Waals surface area (Å²) in [6.45, 7) is 4.23. The fourth-order valence-corrected chi connectivity index (χ4v) is 3.18. The zero-order valence-corrected chi connectivity index (χ0v) is 14.9. The number of hydrogen-bond acceptors (Lipinski definition) is 3. The third kappa shape index (κ3) is 5.93. The Labute approximate surface area is 147 Å². The van der Waals surface area contributed by atoms with Gasteiger partial charge in [0.1, 0.15) is 0 Å². The number of nitrogens with zero attached hydrogens (tertiary/aromatic N) is 2. The number of carbonyl (C=O) groups is 1. The van der Waals surface area contributed by atoms with E-state index in [0.717, 1.165) is 38.5 Å². The highest BCUT2D eigenvalue weighted by Crippen LogP contribution is 2.17. The number of urea groups is 1. The van der Waals surface area contributed by atoms with E-state index in [2.05, 4.69) is 10.2 Å². The first-order chi connectivity index (χ1) is 12.0. The highest BCUT2D eigenvalue weighted by molar-refractivity contribution is 5.73. The van der Waals surface area contributed by atoms with E-state index in [-0.39, 0.29) is 18.1 Å². The van der Waals surface area contributed by atoms with Gasteiger partial charge in [0.25, 0.3) is 0 Å². The van der Waals surface area contributed by atoms with E-state index in [1.807, 2.05) is 0 Å². The quantitative estimate of drug-likeness (QED) is 0.817. The van der Waals surface area contributed by atoms with Crippen LogP contribution in [0.1, 0.15) is 18.4 Å². The summed E-state index contributed by atoms with van der Waals surface area (Å²) in [5.41, 5.74) is 0.144. The van der Waals surface area contributed by atoms with Crippen molar-refractivity contribution in [3.8, 4) is 0 Å². The number of halogens is 2. The van der Waals surface area contributed by atoms with E-state index in [4.69, 9.17) is 4.74 Å². The van der Waals surface area contributed by atoms with Gasteiger partial charge in [0, 0.05) is 45.9 Å². The van der Waals surface area contributed by atoms with E-state index in [0.29, 0.717) is 19.1 Å². The number of rotatable bonds is 7. The molecular formula is C18H27F2N3O2. The van der Waals surface area contributed by atoms with Crippen molar-refractivity contribution in [1.82, 2.24) is 15.1 Å². The summed E-state index contributed by atoms with van der Waals surface area (Å²) in [4.78, 5) is 16.2. The van der Waals surface area contributed by atoms with Crippen molar-refractivity contribution >= 4 is 6.03 Å². The smallest absolute Gasteiger partial charge is 0.317 e. The maximum absolute atomic E-state index is 13.6. The van der Waals surface area contributed by atoms with Crippen LogP contribution >= 0.6 is 0 Å². The van der Waals surface area contributed by atoms with Gasteiger partial charge in [-0.1, -0.05) is 12.1 Å². The largest absolute Gasteiger partial charge is 0.383 e. The van der Waals surface area contributed by atoms with Crippen LogP contribution in [0, 0.1) is 17.6 Å². The number of ether oxygens (including phenoxy) is 1. The lowest BCUT2D eigenvalue weighted by Gasteiger charge is -2.34. The molecule has 1 aromatic rings. The number of nitrogens with one attached hydrogen (secondary N) is 1. The number of amides is 2. The molecule has 1 fully saturated rings. The fraction of sp³-hybridized carbons (Fsp3) is 0.611. The molecule has 0 aromatic heterocycles. The third-order valence-electron chi connectivity index (χ3n) is 4.56. The van der Waals surface area contributed by atoms with E-state index in [9.17, 15) is 13.6 Å². The molecule has 1 aliphatic rings. The van der Waals surface area contributed by atoms with Crippen LogP contribution in [-0.2, 0) is 11.3 Å². The normalized spacial score (nSPS) is 18.2. The van der Waals surface area contributed by atoms with Crippen LogP contribution < -0.4 is 5.32 Å². The lowest BCUT2D eigenvalue weighted by molar-refractivity contribution is 0.105. The van der Waals surface area contributed by atoms with Gasteiger partial charge in [0.05, 0.1) is 6.61 Å². The van der Waals surface area contributed by atoms with Crippen LogP contribution in [0.25, 0.3) is 0 Å². The SMILES string of the molecule is COCCN1CCC[C@@H](CN(C)C(=O)NCc2cccc(F)c2F)C1. The molecule has 1 N–H and O–H groups in total. The van der Waals surface area contributed by atoms with Crippen LogP contribution in [-0.4, -0.2) is 62.8 Å². The predicted octanol–water partition coefficient (Wildman–Crippen LogP) is 2.46. The Morgan fingerprint density at radius 2 is 2.24 bits per heavy atom. The zero-order chi connectivity index (χ0) is 18.2. The lowest BCUT2D eigenvalue weighted by atomic mass is 9.97. The number of likely N-dealkylation sites (tertiary alicyclic amines) is 1. The van der Waals surface area contributed by atoms with Crippen molar-refractivity contribution in [3.05, 3.63) is 35.4 Å². The van der Waals surface area contributed by atoms with E-state index < -0.39 is 11.6 Å². The first-order valence-electron chi connectivity index (χ1n) is 8.64. The van der Waals surface area contributed by atoms with Gasteiger partial charge in [-0.05, 0) is 31.4 Å². The molecule has 0 saturated carbocycles. The summed E-state index contributed by atoms with van der Waals surface area (Å²) in [6.07, 6.45) is 2.19. The summed E-state index contributed by atoms with van der Waals surface area (Å²) in [5, 5.41) is 2.65. The second-order valence-corrected chi connectivity index (χ2v) is 6.55. The lowest BCUT2D eigenvalue weighted by Crippen LogP contribution is -2.45. The molecule has 1 aliphatic heterocycles. The minimum absolute atomic E-state index is 0.0304. The summed E-state index contributed by atoms with van der Waals surface area (Å²) >= 11 is 0. The topological polar surface area (TPSA) is 44.8 Å². The Kier molecular flexibility index (Phi) is 7.58. The summed E-state index contributed by atoms with van der Waals surface area (Å²) in [6, 6.07) is 3.68. The van der Waals surface area contributed by atoms with E-state index >= 15 is 0 Å². The van der Waals surface area contributed by atoms with Gasteiger partial charge in [-0.15, -0.1) is 0 Å². The molecule has 0 aliphatic carbocycles. The van der Waals surface area contributed by atoms with Gasteiger partial charge in [-0.3, -0.25) is 0 Å². The van der Waals surface area contributed by atoms with Crippen LogP contribution in [0.15, 0.2) is 18.2 Å². The molecule has 0 spiro atoms. The van der Waals surface area contributed by atoms with Crippen LogP contribution in [0.3, 0.4) is 0 Å². The van der Waals surface area contributed by atoms with Gasteiger partial charge >= 0.3 is 6.03 Å². The molecule has 140 valence electrons. The van der Waals surface area contributed by atoms with Crippen molar-refractivity contribution < 1.29 is 18.3 Å². The second-order valence-electron chi connectivity index (χ2n) is 6.55. The molecule has 2 amide bonds. The molecule has 1 heterocycles. The van der Waals surface area contributed by atoms with E-state index in [1.54, 1.807) is 19.1 Å². The highest BCUT2D eigenvalue weighted by atomic mass is 19.2. The molecule has 25 heavy (non-hydrogen) atoms. The number of benzene rings is 1. The Morgan fingerprint density at radius 3 is 3.00 bits per heavy atom. The van der Waals surface area contributed by atoms with Gasteiger partial charge in [-0.25, -0.2) is 13.6 Å². The van der Waals surface area contributed by atoms with Crippen LogP contribution in [0.5, 0.6) is 0 Å². The molecule has 1 atom stereocenters. The van der Waals surface area contributed by atoms with Crippen molar-refractivity contribution in [1.29, 1.82) is 0 Å². The third-order valence-corrected chi connectivity index (χ3v) is 4.56. The molecule has 0 radical (unpaired) electrons. The summed E-state index contributed by atoms with van der Waals surface area (Å²) in [5.74, 6) is -1.41. The predicted molar refractivity (Wildman–Crippen MR) is 92.3 cm³/mol. The summed E-state index contributed by atoms with van der Waals surface area (Å²) < 4.78 is 31.9. The van der Waals surface area contributed by atoms with Gasteiger partial charge in [-0.2, -0.15) is 0 Å². The van der Waals surface area contributed by atoms with Crippen molar-refractivity contribution in [3.63, 3.8) is 0 Å². The Balaban J connectivity index is 1.78. The molecule has 2 rings (SSSR count). The Bertz CT molecular complexity index is 571. The van der Waals surface area contributed by atoms with Crippen LogP contribution in [0.2, 0.25) is 0 Å². The molecule has 0 bridgehead atoms. The van der Waals surface area contributed by atoms with Gasteiger partial charge in [0.2, 0.25) is 0 Å². The molecule has 1 aromatic carbocycles.